The van der Waals surface area contributed by atoms with E-state index in [4.69, 9.17) is 11.6 Å². The van der Waals surface area contributed by atoms with Crippen molar-refractivity contribution in [2.75, 3.05) is 11.1 Å². The Kier molecular flexibility index (Phi) is 5.93. The predicted molar refractivity (Wildman–Crippen MR) is 123 cm³/mol. The summed E-state index contributed by atoms with van der Waals surface area (Å²) in [6.45, 7) is 2.90. The van der Waals surface area contributed by atoms with Crippen LogP contribution in [0.2, 0.25) is 5.02 Å². The van der Waals surface area contributed by atoms with Crippen LogP contribution in [0.15, 0.2) is 83.9 Å². The molecule has 146 valence electrons. The first kappa shape index (κ1) is 19.6. The number of halogens is 1. The van der Waals surface area contributed by atoms with E-state index in [1.54, 1.807) is 36.0 Å². The van der Waals surface area contributed by atoms with E-state index in [-0.39, 0.29) is 5.91 Å². The Bertz CT molecular complexity index is 1130. The summed E-state index contributed by atoms with van der Waals surface area (Å²) < 4.78 is 2.25. The van der Waals surface area contributed by atoms with E-state index in [2.05, 4.69) is 65.5 Å². The molecule has 1 amide bonds. The molecule has 0 saturated heterocycles. The maximum absolute atomic E-state index is 12.4. The zero-order valence-corrected chi connectivity index (χ0v) is 17.6. The predicted octanol–water partition coefficient (Wildman–Crippen LogP) is 6.38. The fraction of sp³-hybridized carbons (Fsp3) is 0.125. The molecule has 0 unspecified atom stereocenters. The van der Waals surface area contributed by atoms with Crippen molar-refractivity contribution >= 4 is 45.9 Å². The number of para-hydroxylation sites is 1. The molecule has 3 nitrogen and oxygen atoms in total. The molecule has 0 fully saturated rings. The highest BCUT2D eigenvalue weighted by Gasteiger charge is 2.11. The Labute approximate surface area is 179 Å². The lowest BCUT2D eigenvalue weighted by Gasteiger charge is -2.06. The van der Waals surface area contributed by atoms with Gasteiger partial charge in [0, 0.05) is 39.3 Å². The van der Waals surface area contributed by atoms with Crippen LogP contribution in [-0.2, 0) is 11.3 Å². The van der Waals surface area contributed by atoms with Crippen molar-refractivity contribution in [2.24, 2.45) is 0 Å². The molecule has 0 aliphatic carbocycles. The SMILES string of the molecule is Cc1ccc(Cn2cc(SCC(=O)Nc3ccc(Cl)cc3)c3ccccc32)cc1. The normalized spacial score (nSPS) is 11.0. The van der Waals surface area contributed by atoms with Crippen molar-refractivity contribution in [3.8, 4) is 0 Å². The third-order valence-electron chi connectivity index (χ3n) is 4.71. The number of aryl methyl sites for hydroxylation is 1. The molecule has 0 saturated carbocycles. The summed E-state index contributed by atoms with van der Waals surface area (Å²) in [6, 6.07) is 24.1. The van der Waals surface area contributed by atoms with Crippen LogP contribution in [-0.4, -0.2) is 16.2 Å². The van der Waals surface area contributed by atoms with Gasteiger partial charge in [-0.3, -0.25) is 4.79 Å². The maximum Gasteiger partial charge on any atom is 0.234 e. The Hall–Kier alpha value is -2.69. The van der Waals surface area contributed by atoms with E-state index in [1.807, 2.05) is 6.07 Å². The van der Waals surface area contributed by atoms with Crippen LogP contribution < -0.4 is 5.32 Å². The van der Waals surface area contributed by atoms with E-state index in [9.17, 15) is 4.79 Å². The van der Waals surface area contributed by atoms with E-state index < -0.39 is 0 Å². The van der Waals surface area contributed by atoms with Crippen molar-refractivity contribution in [3.63, 3.8) is 0 Å². The molecule has 0 aliphatic heterocycles. The average molecular weight is 421 g/mol. The molecule has 4 rings (SSSR count). The zero-order valence-electron chi connectivity index (χ0n) is 16.1. The first-order valence-corrected chi connectivity index (χ1v) is 10.8. The zero-order chi connectivity index (χ0) is 20.2. The Morgan fingerprint density at radius 3 is 2.48 bits per heavy atom. The first-order valence-electron chi connectivity index (χ1n) is 9.40. The lowest BCUT2D eigenvalue weighted by Crippen LogP contribution is -2.13. The van der Waals surface area contributed by atoms with Crippen molar-refractivity contribution in [1.29, 1.82) is 0 Å². The second-order valence-electron chi connectivity index (χ2n) is 6.97. The highest BCUT2D eigenvalue weighted by Crippen LogP contribution is 2.30. The number of carbonyl (C=O) groups is 1. The number of aromatic nitrogens is 1. The minimum atomic E-state index is -0.0345. The summed E-state index contributed by atoms with van der Waals surface area (Å²) >= 11 is 7.45. The molecule has 29 heavy (non-hydrogen) atoms. The second kappa shape index (κ2) is 8.76. The summed E-state index contributed by atoms with van der Waals surface area (Å²) in [6.07, 6.45) is 2.14. The van der Waals surface area contributed by atoms with Crippen LogP contribution in [0.3, 0.4) is 0 Å². The van der Waals surface area contributed by atoms with E-state index in [0.717, 1.165) is 17.1 Å². The molecular formula is C24H21ClN2OS. The average Bonchev–Trinajstić information content (AvgIpc) is 3.08. The van der Waals surface area contributed by atoms with E-state index >= 15 is 0 Å². The van der Waals surface area contributed by atoms with E-state index in [0.29, 0.717) is 10.8 Å². The number of fused-ring (bicyclic) bond motifs is 1. The van der Waals surface area contributed by atoms with E-state index in [1.165, 1.54) is 22.0 Å². The number of hydrogen-bond donors (Lipinski definition) is 1. The van der Waals surface area contributed by atoms with Gasteiger partial charge in [-0.1, -0.05) is 59.6 Å². The van der Waals surface area contributed by atoms with Gasteiger partial charge in [0.2, 0.25) is 5.91 Å². The lowest BCUT2D eigenvalue weighted by atomic mass is 10.1. The van der Waals surface area contributed by atoms with Gasteiger partial charge in [-0.2, -0.15) is 0 Å². The number of hydrogen-bond acceptors (Lipinski definition) is 2. The van der Waals surface area contributed by atoms with Crippen molar-refractivity contribution < 1.29 is 4.79 Å². The molecule has 0 bridgehead atoms. The number of nitrogens with zero attached hydrogens (tertiary/aromatic N) is 1. The van der Waals surface area contributed by atoms with Crippen LogP contribution in [0.4, 0.5) is 5.69 Å². The first-order chi connectivity index (χ1) is 14.1. The molecule has 1 heterocycles. The van der Waals surface area contributed by atoms with Gasteiger partial charge in [-0.05, 0) is 42.8 Å². The highest BCUT2D eigenvalue weighted by atomic mass is 35.5. The molecule has 1 N–H and O–H groups in total. The number of thioether (sulfide) groups is 1. The third kappa shape index (κ3) is 4.84. The molecule has 0 radical (unpaired) electrons. The number of rotatable bonds is 6. The number of amides is 1. The summed E-state index contributed by atoms with van der Waals surface area (Å²) in [5, 5.41) is 4.74. The van der Waals surface area contributed by atoms with Crippen LogP contribution in [0.1, 0.15) is 11.1 Å². The number of anilines is 1. The molecule has 1 aromatic heterocycles. The van der Waals surface area contributed by atoms with Gasteiger partial charge in [-0.25, -0.2) is 0 Å². The van der Waals surface area contributed by atoms with Crippen LogP contribution in [0, 0.1) is 6.92 Å². The summed E-state index contributed by atoms with van der Waals surface area (Å²) in [4.78, 5) is 13.5. The third-order valence-corrected chi connectivity index (χ3v) is 6.01. The summed E-state index contributed by atoms with van der Waals surface area (Å²) in [7, 11) is 0. The number of carbonyl (C=O) groups excluding carboxylic acids is 1. The molecule has 0 aliphatic rings. The second-order valence-corrected chi connectivity index (χ2v) is 8.42. The molecule has 4 aromatic rings. The lowest BCUT2D eigenvalue weighted by molar-refractivity contribution is -0.113. The standard InChI is InChI=1S/C24H21ClN2OS/c1-17-6-8-18(9-7-17)14-27-15-23(21-4-2-3-5-22(21)27)29-16-24(28)26-20-12-10-19(25)11-13-20/h2-13,15H,14,16H2,1H3,(H,26,28). The smallest absolute Gasteiger partial charge is 0.234 e. The topological polar surface area (TPSA) is 34.0 Å². The van der Waals surface area contributed by atoms with Crippen molar-refractivity contribution in [3.05, 3.63) is 95.1 Å². The minimum Gasteiger partial charge on any atom is -0.342 e. The highest BCUT2D eigenvalue weighted by molar-refractivity contribution is 8.00. The molecule has 0 atom stereocenters. The molecular weight excluding hydrogens is 400 g/mol. The fourth-order valence-corrected chi connectivity index (χ4v) is 4.24. The van der Waals surface area contributed by atoms with Crippen molar-refractivity contribution in [1.82, 2.24) is 4.57 Å². The molecule has 3 aromatic carbocycles. The minimum absolute atomic E-state index is 0.0345. The van der Waals surface area contributed by atoms with Crippen LogP contribution in [0.5, 0.6) is 0 Å². The number of nitrogens with one attached hydrogen (secondary N) is 1. The summed E-state index contributed by atoms with van der Waals surface area (Å²) in [5.41, 5.74) is 4.44. The monoisotopic (exact) mass is 420 g/mol. The Balaban J connectivity index is 1.49. The molecule has 5 heteroatoms. The maximum atomic E-state index is 12.4. The van der Waals surface area contributed by atoms with Gasteiger partial charge >= 0.3 is 0 Å². The van der Waals surface area contributed by atoms with Gasteiger partial charge in [-0.15, -0.1) is 11.8 Å². The van der Waals surface area contributed by atoms with Crippen molar-refractivity contribution in [2.45, 2.75) is 18.4 Å². The van der Waals surface area contributed by atoms with Gasteiger partial charge in [0.05, 0.1) is 5.75 Å². The quantitative estimate of drug-likeness (QED) is 0.367. The van der Waals surface area contributed by atoms with Gasteiger partial charge in [0.25, 0.3) is 0 Å². The fourth-order valence-electron chi connectivity index (χ4n) is 3.22. The van der Waals surface area contributed by atoms with Crippen LogP contribution >= 0.6 is 23.4 Å². The van der Waals surface area contributed by atoms with Gasteiger partial charge < -0.3 is 9.88 Å². The number of benzene rings is 3. The van der Waals surface area contributed by atoms with Gasteiger partial charge in [0.15, 0.2) is 0 Å². The van der Waals surface area contributed by atoms with Crippen LogP contribution in [0.25, 0.3) is 10.9 Å². The Morgan fingerprint density at radius 1 is 1.00 bits per heavy atom. The largest absolute Gasteiger partial charge is 0.342 e. The molecule has 0 spiro atoms. The Morgan fingerprint density at radius 2 is 1.72 bits per heavy atom. The van der Waals surface area contributed by atoms with Gasteiger partial charge in [0.1, 0.15) is 0 Å². The summed E-state index contributed by atoms with van der Waals surface area (Å²) in [5.74, 6) is 0.314.